The van der Waals surface area contributed by atoms with Crippen molar-refractivity contribution >= 4 is 5.91 Å². The van der Waals surface area contributed by atoms with Crippen LogP contribution in [0.1, 0.15) is 72.6 Å². The second kappa shape index (κ2) is 7.44. The van der Waals surface area contributed by atoms with Crippen LogP contribution < -0.4 is 5.73 Å². The average Bonchev–Trinajstić information content (AvgIpc) is 2.91. The van der Waals surface area contributed by atoms with Crippen molar-refractivity contribution in [3.8, 4) is 0 Å². The number of amides is 1. The molecule has 3 nitrogen and oxygen atoms in total. The van der Waals surface area contributed by atoms with Gasteiger partial charge in [-0.15, -0.1) is 0 Å². The Balaban J connectivity index is 2.86. The topological polar surface area (TPSA) is 46.3 Å². The summed E-state index contributed by atoms with van der Waals surface area (Å²) < 4.78 is 0. The molecule has 0 spiro atoms. The highest BCUT2D eigenvalue weighted by atomic mass is 16.2. The first-order chi connectivity index (χ1) is 9.53. The van der Waals surface area contributed by atoms with Gasteiger partial charge < -0.3 is 10.6 Å². The van der Waals surface area contributed by atoms with E-state index >= 15 is 0 Å². The molecule has 1 amide bonds. The van der Waals surface area contributed by atoms with Crippen molar-refractivity contribution in [1.82, 2.24) is 4.90 Å². The molecule has 1 aliphatic rings. The van der Waals surface area contributed by atoms with Crippen molar-refractivity contribution in [1.29, 1.82) is 0 Å². The lowest BCUT2D eigenvalue weighted by molar-refractivity contribution is -0.142. The van der Waals surface area contributed by atoms with Crippen LogP contribution in [-0.4, -0.2) is 30.4 Å². The first-order valence-corrected chi connectivity index (χ1v) is 8.52. The summed E-state index contributed by atoms with van der Waals surface area (Å²) in [5, 5.41) is 0. The Morgan fingerprint density at radius 1 is 1.15 bits per heavy atom. The summed E-state index contributed by atoms with van der Waals surface area (Å²) in [6, 6.07) is 0. The molecule has 0 radical (unpaired) electrons. The highest BCUT2D eigenvalue weighted by molar-refractivity contribution is 5.83. The van der Waals surface area contributed by atoms with Crippen LogP contribution in [0.3, 0.4) is 0 Å². The highest BCUT2D eigenvalue weighted by Crippen LogP contribution is 2.40. The van der Waals surface area contributed by atoms with Gasteiger partial charge >= 0.3 is 0 Å². The molecule has 2 N–H and O–H groups in total. The van der Waals surface area contributed by atoms with Crippen molar-refractivity contribution in [2.24, 2.45) is 16.6 Å². The van der Waals surface area contributed by atoms with Crippen LogP contribution in [0.25, 0.3) is 0 Å². The average molecular weight is 282 g/mol. The Hall–Kier alpha value is -0.570. The second-order valence-electron chi connectivity index (χ2n) is 6.67. The Kier molecular flexibility index (Phi) is 6.50. The lowest BCUT2D eigenvalue weighted by Gasteiger charge is -2.36. The molecule has 20 heavy (non-hydrogen) atoms. The quantitative estimate of drug-likeness (QED) is 0.740. The van der Waals surface area contributed by atoms with Gasteiger partial charge in [-0.25, -0.2) is 0 Å². The van der Waals surface area contributed by atoms with Gasteiger partial charge in [-0.1, -0.05) is 40.5 Å². The van der Waals surface area contributed by atoms with E-state index < -0.39 is 0 Å². The molecule has 3 heteroatoms. The van der Waals surface area contributed by atoms with Gasteiger partial charge in [0, 0.05) is 19.6 Å². The second-order valence-corrected chi connectivity index (χ2v) is 6.67. The van der Waals surface area contributed by atoms with E-state index in [1.807, 2.05) is 0 Å². The van der Waals surface area contributed by atoms with Crippen molar-refractivity contribution in [2.45, 2.75) is 72.6 Å². The fraction of sp³-hybridized carbons (Fsp3) is 0.941. The van der Waals surface area contributed by atoms with E-state index in [1.165, 1.54) is 12.8 Å². The largest absolute Gasteiger partial charge is 0.342 e. The molecule has 0 unspecified atom stereocenters. The van der Waals surface area contributed by atoms with E-state index in [4.69, 9.17) is 5.73 Å². The molecule has 0 bridgehead atoms. The number of hydrogen-bond acceptors (Lipinski definition) is 2. The van der Waals surface area contributed by atoms with E-state index in [0.717, 1.165) is 45.2 Å². The molecule has 1 aliphatic heterocycles. The first kappa shape index (κ1) is 17.5. The van der Waals surface area contributed by atoms with Gasteiger partial charge in [0.05, 0.1) is 5.41 Å². The fourth-order valence-corrected chi connectivity index (χ4v) is 3.86. The fourth-order valence-electron chi connectivity index (χ4n) is 3.86. The Labute approximate surface area is 125 Å². The lowest BCUT2D eigenvalue weighted by atomic mass is 9.77. The zero-order chi connectivity index (χ0) is 15.2. The summed E-state index contributed by atoms with van der Waals surface area (Å²) in [6.45, 7) is 11.2. The normalized spacial score (nSPS) is 18.6. The molecule has 0 atom stereocenters. The molecule has 0 aromatic rings. The number of nitrogens with two attached hydrogens (primary N) is 1. The Bertz CT molecular complexity index is 304. The molecule has 0 aliphatic carbocycles. The predicted molar refractivity (Wildman–Crippen MR) is 85.5 cm³/mol. The minimum Gasteiger partial charge on any atom is -0.342 e. The van der Waals surface area contributed by atoms with Gasteiger partial charge in [-0.05, 0) is 37.5 Å². The molecular formula is C17H34N2O. The number of hydrogen-bond donors (Lipinski definition) is 1. The van der Waals surface area contributed by atoms with Gasteiger partial charge in [-0.3, -0.25) is 4.79 Å². The van der Waals surface area contributed by atoms with Crippen LogP contribution in [0.15, 0.2) is 0 Å². The number of carbonyl (C=O) groups is 1. The Morgan fingerprint density at radius 3 is 2.05 bits per heavy atom. The molecule has 1 saturated heterocycles. The predicted octanol–water partition coefficient (Wildman–Crippen LogP) is 3.57. The third-order valence-electron chi connectivity index (χ3n) is 5.53. The third kappa shape index (κ3) is 3.36. The van der Waals surface area contributed by atoms with Crippen molar-refractivity contribution in [2.75, 3.05) is 19.6 Å². The van der Waals surface area contributed by atoms with Crippen LogP contribution >= 0.6 is 0 Å². The van der Waals surface area contributed by atoms with Crippen LogP contribution in [0, 0.1) is 10.8 Å². The number of carbonyl (C=O) groups excluding carboxylic acids is 1. The van der Waals surface area contributed by atoms with Crippen molar-refractivity contribution < 1.29 is 4.79 Å². The number of rotatable bonds is 8. The molecule has 0 aromatic heterocycles. The minimum absolute atomic E-state index is 0.305. The van der Waals surface area contributed by atoms with Crippen LogP contribution in [-0.2, 0) is 4.79 Å². The number of likely N-dealkylation sites (tertiary alicyclic amines) is 1. The van der Waals surface area contributed by atoms with Gasteiger partial charge in [0.2, 0.25) is 5.91 Å². The first-order valence-electron chi connectivity index (χ1n) is 8.52. The summed E-state index contributed by atoms with van der Waals surface area (Å²) in [6.07, 6.45) is 7.42. The summed E-state index contributed by atoms with van der Waals surface area (Å²) in [5.41, 5.74) is 6.08. The molecule has 118 valence electrons. The maximum atomic E-state index is 13.0. The maximum Gasteiger partial charge on any atom is 0.230 e. The van der Waals surface area contributed by atoms with E-state index in [0.29, 0.717) is 17.9 Å². The molecule has 1 rings (SSSR count). The third-order valence-corrected chi connectivity index (χ3v) is 5.53. The van der Waals surface area contributed by atoms with Crippen LogP contribution in [0.4, 0.5) is 0 Å². The summed E-state index contributed by atoms with van der Waals surface area (Å²) in [7, 11) is 0. The van der Waals surface area contributed by atoms with Gasteiger partial charge in [0.1, 0.15) is 0 Å². The van der Waals surface area contributed by atoms with Gasteiger partial charge in [0.15, 0.2) is 0 Å². The zero-order valence-electron chi connectivity index (χ0n) is 14.0. The highest BCUT2D eigenvalue weighted by Gasteiger charge is 2.44. The molecule has 1 heterocycles. The summed E-state index contributed by atoms with van der Waals surface area (Å²) in [5.74, 6) is 0.326. The van der Waals surface area contributed by atoms with Crippen molar-refractivity contribution in [3.05, 3.63) is 0 Å². The monoisotopic (exact) mass is 282 g/mol. The molecular weight excluding hydrogens is 248 g/mol. The van der Waals surface area contributed by atoms with E-state index in [2.05, 4.69) is 32.6 Å². The zero-order valence-corrected chi connectivity index (χ0v) is 14.0. The summed E-state index contributed by atoms with van der Waals surface area (Å²) >= 11 is 0. The smallest absolute Gasteiger partial charge is 0.230 e. The summed E-state index contributed by atoms with van der Waals surface area (Å²) in [4.78, 5) is 15.2. The maximum absolute atomic E-state index is 13.0. The van der Waals surface area contributed by atoms with Gasteiger partial charge in [0.25, 0.3) is 0 Å². The van der Waals surface area contributed by atoms with Gasteiger partial charge in [-0.2, -0.15) is 0 Å². The molecule has 0 saturated carbocycles. The van der Waals surface area contributed by atoms with E-state index in [1.54, 1.807) is 0 Å². The minimum atomic E-state index is -0.305. The molecule has 1 fully saturated rings. The van der Waals surface area contributed by atoms with E-state index in [9.17, 15) is 4.79 Å². The van der Waals surface area contributed by atoms with E-state index in [-0.39, 0.29) is 5.41 Å². The molecule has 0 aromatic carbocycles. The number of nitrogens with zero attached hydrogens (tertiary/aromatic N) is 1. The van der Waals surface area contributed by atoms with Crippen LogP contribution in [0.5, 0.6) is 0 Å². The van der Waals surface area contributed by atoms with Crippen LogP contribution in [0.2, 0.25) is 0 Å². The SMILES string of the molecule is CCCC(CN)(CCC)C(=O)N1CCC(CC)(CC)C1. The lowest BCUT2D eigenvalue weighted by Crippen LogP contribution is -2.48. The van der Waals surface area contributed by atoms with Crippen molar-refractivity contribution in [3.63, 3.8) is 0 Å². The Morgan fingerprint density at radius 2 is 1.70 bits per heavy atom. The standard InChI is InChI=1S/C17H34N2O/c1-5-9-17(13-18,10-6-2)15(20)19-12-11-16(7-3,8-4)14-19/h5-14,18H2,1-4H3.